The molecule has 82 valence electrons. The van der Waals surface area contributed by atoms with Crippen LogP contribution in [-0.4, -0.2) is 31.6 Å². The summed E-state index contributed by atoms with van der Waals surface area (Å²) in [6.45, 7) is 5.59. The molecule has 0 aliphatic heterocycles. The third-order valence-electron chi connectivity index (χ3n) is 1.82. The van der Waals surface area contributed by atoms with Gasteiger partial charge in [-0.05, 0) is 20.8 Å². The van der Waals surface area contributed by atoms with Gasteiger partial charge in [0, 0.05) is 6.54 Å². The van der Waals surface area contributed by atoms with E-state index in [1.165, 1.54) is 0 Å². The largest absolute Gasteiger partial charge is 0.465 e. The van der Waals surface area contributed by atoms with Crippen LogP contribution in [0.3, 0.4) is 0 Å². The van der Waals surface area contributed by atoms with E-state index in [2.05, 4.69) is 10.1 Å². The standard InChI is InChI=1S/C9H18N2O3/c1-4-14-7(12)5-11-8(13)9(2,3)6-10/h4-6,10H2,1-3H3,(H,11,13). The molecule has 1 amide bonds. The fourth-order valence-electron chi connectivity index (χ4n) is 0.696. The minimum absolute atomic E-state index is 0.101. The van der Waals surface area contributed by atoms with E-state index in [-0.39, 0.29) is 19.0 Å². The van der Waals surface area contributed by atoms with Gasteiger partial charge in [0.15, 0.2) is 0 Å². The minimum Gasteiger partial charge on any atom is -0.465 e. The molecule has 0 radical (unpaired) electrons. The molecular weight excluding hydrogens is 184 g/mol. The molecular formula is C9H18N2O3. The molecule has 0 unspecified atom stereocenters. The molecule has 5 nitrogen and oxygen atoms in total. The van der Waals surface area contributed by atoms with Crippen molar-refractivity contribution in [3.8, 4) is 0 Å². The Morgan fingerprint density at radius 1 is 1.43 bits per heavy atom. The van der Waals surface area contributed by atoms with Gasteiger partial charge in [0.1, 0.15) is 6.54 Å². The molecule has 0 heterocycles. The van der Waals surface area contributed by atoms with Crippen LogP contribution in [0.25, 0.3) is 0 Å². The van der Waals surface area contributed by atoms with Gasteiger partial charge in [0.25, 0.3) is 0 Å². The fourth-order valence-corrected chi connectivity index (χ4v) is 0.696. The van der Waals surface area contributed by atoms with Crippen LogP contribution in [0.1, 0.15) is 20.8 Å². The zero-order valence-electron chi connectivity index (χ0n) is 8.92. The molecule has 0 aromatic rings. The maximum atomic E-state index is 11.4. The number of rotatable bonds is 5. The van der Waals surface area contributed by atoms with Crippen molar-refractivity contribution in [3.63, 3.8) is 0 Å². The number of esters is 1. The van der Waals surface area contributed by atoms with E-state index in [1.54, 1.807) is 20.8 Å². The van der Waals surface area contributed by atoms with E-state index in [9.17, 15) is 9.59 Å². The molecule has 3 N–H and O–H groups in total. The molecule has 5 heteroatoms. The van der Waals surface area contributed by atoms with E-state index in [4.69, 9.17) is 5.73 Å². The molecule has 0 rings (SSSR count). The third kappa shape index (κ3) is 4.23. The molecule has 0 aliphatic rings. The Bertz CT molecular complexity index is 214. The van der Waals surface area contributed by atoms with Crippen LogP contribution in [0.15, 0.2) is 0 Å². The lowest BCUT2D eigenvalue weighted by molar-refractivity contribution is -0.144. The van der Waals surface area contributed by atoms with Crippen LogP contribution >= 0.6 is 0 Å². The van der Waals surface area contributed by atoms with Crippen molar-refractivity contribution in [2.45, 2.75) is 20.8 Å². The maximum absolute atomic E-state index is 11.4. The molecule has 0 spiro atoms. The van der Waals surface area contributed by atoms with Gasteiger partial charge in [-0.2, -0.15) is 0 Å². The van der Waals surface area contributed by atoms with Gasteiger partial charge < -0.3 is 15.8 Å². The average Bonchev–Trinajstić information content (AvgIpc) is 2.14. The zero-order chi connectivity index (χ0) is 11.2. The number of carbonyl (C=O) groups is 2. The van der Waals surface area contributed by atoms with Crippen molar-refractivity contribution in [1.29, 1.82) is 0 Å². The maximum Gasteiger partial charge on any atom is 0.325 e. The highest BCUT2D eigenvalue weighted by atomic mass is 16.5. The summed E-state index contributed by atoms with van der Waals surface area (Å²) in [4.78, 5) is 22.3. The average molecular weight is 202 g/mol. The Morgan fingerprint density at radius 3 is 2.43 bits per heavy atom. The summed E-state index contributed by atoms with van der Waals surface area (Å²) in [5.41, 5.74) is 4.75. The zero-order valence-corrected chi connectivity index (χ0v) is 8.92. The number of carbonyl (C=O) groups excluding carboxylic acids is 2. The molecule has 0 saturated heterocycles. The predicted octanol–water partition coefficient (Wildman–Crippen LogP) is -0.349. The highest BCUT2D eigenvalue weighted by molar-refractivity contribution is 5.85. The van der Waals surface area contributed by atoms with Gasteiger partial charge in [0.05, 0.1) is 12.0 Å². The Kier molecular flexibility index (Phi) is 5.15. The monoisotopic (exact) mass is 202 g/mol. The molecule has 0 bridgehead atoms. The number of hydrogen-bond acceptors (Lipinski definition) is 4. The van der Waals surface area contributed by atoms with Gasteiger partial charge in [0.2, 0.25) is 5.91 Å². The molecule has 14 heavy (non-hydrogen) atoms. The van der Waals surface area contributed by atoms with Gasteiger partial charge in [-0.15, -0.1) is 0 Å². The lowest BCUT2D eigenvalue weighted by Crippen LogP contribution is -2.43. The molecule has 0 aliphatic carbocycles. The van der Waals surface area contributed by atoms with Crippen LogP contribution < -0.4 is 11.1 Å². The van der Waals surface area contributed by atoms with E-state index < -0.39 is 11.4 Å². The van der Waals surface area contributed by atoms with Gasteiger partial charge in [-0.25, -0.2) is 0 Å². The summed E-state index contributed by atoms with van der Waals surface area (Å²) in [5.74, 6) is -0.679. The van der Waals surface area contributed by atoms with E-state index in [0.717, 1.165) is 0 Å². The third-order valence-corrected chi connectivity index (χ3v) is 1.82. The second-order valence-electron chi connectivity index (χ2n) is 3.58. The molecule has 0 saturated carbocycles. The van der Waals surface area contributed by atoms with E-state index in [1.807, 2.05) is 0 Å². The van der Waals surface area contributed by atoms with Gasteiger partial charge in [-0.1, -0.05) is 0 Å². The normalized spacial score (nSPS) is 10.9. The summed E-state index contributed by atoms with van der Waals surface area (Å²) in [6.07, 6.45) is 0. The first-order valence-corrected chi connectivity index (χ1v) is 4.58. The Morgan fingerprint density at radius 2 is 2.00 bits per heavy atom. The minimum atomic E-state index is -0.646. The number of amides is 1. The van der Waals surface area contributed by atoms with Gasteiger partial charge in [-0.3, -0.25) is 9.59 Å². The summed E-state index contributed by atoms with van der Waals surface area (Å²) < 4.78 is 4.65. The van der Waals surface area contributed by atoms with E-state index in [0.29, 0.717) is 6.61 Å². The number of nitrogens with two attached hydrogens (primary N) is 1. The first-order chi connectivity index (χ1) is 6.44. The highest BCUT2D eigenvalue weighted by Crippen LogP contribution is 2.11. The fraction of sp³-hybridized carbons (Fsp3) is 0.778. The second kappa shape index (κ2) is 5.59. The summed E-state index contributed by atoms with van der Waals surface area (Å²) in [7, 11) is 0. The predicted molar refractivity (Wildman–Crippen MR) is 52.5 cm³/mol. The highest BCUT2D eigenvalue weighted by Gasteiger charge is 2.25. The molecule has 0 aromatic carbocycles. The van der Waals surface area contributed by atoms with Crippen LogP contribution in [0.4, 0.5) is 0 Å². The summed E-state index contributed by atoms with van der Waals surface area (Å²) in [5, 5.41) is 2.46. The molecule has 0 atom stereocenters. The van der Waals surface area contributed by atoms with Crippen LogP contribution in [0, 0.1) is 5.41 Å². The van der Waals surface area contributed by atoms with Crippen LogP contribution in [0.2, 0.25) is 0 Å². The number of hydrogen-bond donors (Lipinski definition) is 2. The lowest BCUT2D eigenvalue weighted by Gasteiger charge is -2.20. The Labute approximate surface area is 84.0 Å². The first kappa shape index (κ1) is 12.9. The summed E-state index contributed by atoms with van der Waals surface area (Å²) >= 11 is 0. The van der Waals surface area contributed by atoms with Crippen molar-refractivity contribution in [3.05, 3.63) is 0 Å². The van der Waals surface area contributed by atoms with E-state index >= 15 is 0 Å². The smallest absolute Gasteiger partial charge is 0.325 e. The van der Waals surface area contributed by atoms with Crippen molar-refractivity contribution in [1.82, 2.24) is 5.32 Å². The van der Waals surface area contributed by atoms with Crippen molar-refractivity contribution in [2.75, 3.05) is 19.7 Å². The summed E-state index contributed by atoms with van der Waals surface area (Å²) in [6, 6.07) is 0. The van der Waals surface area contributed by atoms with Gasteiger partial charge >= 0.3 is 5.97 Å². The Hall–Kier alpha value is -1.10. The number of ether oxygens (including phenoxy) is 1. The Balaban J connectivity index is 3.91. The SMILES string of the molecule is CCOC(=O)CNC(=O)C(C)(C)CN. The number of nitrogens with one attached hydrogen (secondary N) is 1. The molecule has 0 fully saturated rings. The second-order valence-corrected chi connectivity index (χ2v) is 3.58. The quantitative estimate of drug-likeness (QED) is 0.597. The van der Waals surface area contributed by atoms with Crippen LogP contribution in [0.5, 0.6) is 0 Å². The van der Waals surface area contributed by atoms with Crippen molar-refractivity contribution >= 4 is 11.9 Å². The molecule has 0 aromatic heterocycles. The van der Waals surface area contributed by atoms with Crippen molar-refractivity contribution in [2.24, 2.45) is 11.1 Å². The van der Waals surface area contributed by atoms with Crippen molar-refractivity contribution < 1.29 is 14.3 Å². The topological polar surface area (TPSA) is 81.4 Å². The van der Waals surface area contributed by atoms with Crippen LogP contribution in [-0.2, 0) is 14.3 Å². The first-order valence-electron chi connectivity index (χ1n) is 4.58. The lowest BCUT2D eigenvalue weighted by atomic mass is 9.93.